The second kappa shape index (κ2) is 5.64. The summed E-state index contributed by atoms with van der Waals surface area (Å²) in [5.74, 6) is 0.507. The Hall–Kier alpha value is -0.610. The van der Waals surface area contributed by atoms with E-state index in [0.29, 0.717) is 5.56 Å². The minimum Gasteiger partial charge on any atom is -0.323 e. The van der Waals surface area contributed by atoms with Crippen LogP contribution in [0.3, 0.4) is 0 Å². The van der Waals surface area contributed by atoms with Crippen molar-refractivity contribution in [2.24, 2.45) is 5.73 Å². The normalized spacial score (nSPS) is 18.9. The monoisotopic (exact) mass is 240 g/mol. The fourth-order valence-electron chi connectivity index (χ4n) is 2.07. The van der Waals surface area contributed by atoms with Gasteiger partial charge in [-0.15, -0.1) is 0 Å². The molecule has 0 aromatic carbocycles. The topological polar surface area (TPSA) is 38.9 Å². The molecule has 1 heterocycles. The number of pyridine rings is 1. The van der Waals surface area contributed by atoms with E-state index in [1.165, 1.54) is 31.9 Å². The van der Waals surface area contributed by atoms with Gasteiger partial charge in [-0.25, -0.2) is 4.39 Å². The van der Waals surface area contributed by atoms with Crippen LogP contribution in [0.4, 0.5) is 4.39 Å². The largest absolute Gasteiger partial charge is 0.323 e. The highest BCUT2D eigenvalue weighted by Gasteiger charge is 2.18. The van der Waals surface area contributed by atoms with Crippen LogP contribution in [0.15, 0.2) is 18.5 Å². The van der Waals surface area contributed by atoms with Crippen LogP contribution >= 0.6 is 11.8 Å². The zero-order valence-electron chi connectivity index (χ0n) is 9.23. The second-order valence-electron chi connectivity index (χ2n) is 4.24. The Labute approximate surface area is 99.8 Å². The van der Waals surface area contributed by atoms with Gasteiger partial charge in [-0.1, -0.05) is 12.8 Å². The molecular weight excluding hydrogens is 223 g/mol. The Balaban J connectivity index is 1.87. The summed E-state index contributed by atoms with van der Waals surface area (Å²) in [4.78, 5) is 3.73. The minimum atomic E-state index is -0.290. The smallest absolute Gasteiger partial charge is 0.146 e. The summed E-state index contributed by atoms with van der Waals surface area (Å²) in [5.41, 5.74) is 6.57. The molecule has 0 spiro atoms. The zero-order chi connectivity index (χ0) is 11.4. The second-order valence-corrected chi connectivity index (χ2v) is 5.58. The molecule has 1 atom stereocenters. The van der Waals surface area contributed by atoms with Crippen LogP contribution in [0.25, 0.3) is 0 Å². The summed E-state index contributed by atoms with van der Waals surface area (Å²) >= 11 is 1.88. The van der Waals surface area contributed by atoms with E-state index in [0.717, 1.165) is 11.0 Å². The van der Waals surface area contributed by atoms with E-state index in [-0.39, 0.29) is 11.9 Å². The number of nitrogens with zero attached hydrogens (tertiary/aromatic N) is 1. The van der Waals surface area contributed by atoms with Crippen molar-refractivity contribution in [2.45, 2.75) is 37.0 Å². The third-order valence-corrected chi connectivity index (χ3v) is 4.51. The summed E-state index contributed by atoms with van der Waals surface area (Å²) < 4.78 is 13.4. The van der Waals surface area contributed by atoms with Crippen molar-refractivity contribution in [2.75, 3.05) is 5.75 Å². The molecule has 1 unspecified atom stereocenters. The highest BCUT2D eigenvalue weighted by atomic mass is 32.2. The van der Waals surface area contributed by atoms with Crippen molar-refractivity contribution in [3.63, 3.8) is 0 Å². The highest BCUT2D eigenvalue weighted by molar-refractivity contribution is 7.99. The standard InChI is InChI=1S/C12H17FN2S/c13-11-7-15-6-5-10(11)12(14)8-16-9-3-1-2-4-9/h5-7,9,12H,1-4,8,14H2. The molecule has 0 amide bonds. The zero-order valence-corrected chi connectivity index (χ0v) is 10.0. The van der Waals surface area contributed by atoms with E-state index in [1.807, 2.05) is 11.8 Å². The van der Waals surface area contributed by atoms with Gasteiger partial charge in [0.2, 0.25) is 0 Å². The average molecular weight is 240 g/mol. The van der Waals surface area contributed by atoms with Gasteiger partial charge in [-0.3, -0.25) is 4.98 Å². The molecule has 88 valence electrons. The van der Waals surface area contributed by atoms with Gasteiger partial charge in [-0.2, -0.15) is 11.8 Å². The molecule has 0 aliphatic heterocycles. The van der Waals surface area contributed by atoms with Crippen LogP contribution in [-0.2, 0) is 0 Å². The molecular formula is C12H17FN2S. The Morgan fingerprint density at radius 3 is 2.94 bits per heavy atom. The SMILES string of the molecule is NC(CSC1CCCC1)c1ccncc1F. The van der Waals surface area contributed by atoms with Crippen LogP contribution in [0, 0.1) is 5.82 Å². The lowest BCUT2D eigenvalue weighted by Gasteiger charge is -2.15. The van der Waals surface area contributed by atoms with Gasteiger partial charge < -0.3 is 5.73 Å². The molecule has 2 nitrogen and oxygen atoms in total. The highest BCUT2D eigenvalue weighted by Crippen LogP contribution is 2.31. The molecule has 0 bridgehead atoms. The first-order valence-corrected chi connectivity index (χ1v) is 6.79. The predicted octanol–water partition coefficient (Wildman–Crippen LogP) is 2.90. The van der Waals surface area contributed by atoms with Gasteiger partial charge >= 0.3 is 0 Å². The van der Waals surface area contributed by atoms with Crippen molar-refractivity contribution < 1.29 is 4.39 Å². The van der Waals surface area contributed by atoms with Crippen molar-refractivity contribution in [3.05, 3.63) is 29.8 Å². The van der Waals surface area contributed by atoms with Crippen LogP contribution in [0.5, 0.6) is 0 Å². The van der Waals surface area contributed by atoms with Gasteiger partial charge in [0.25, 0.3) is 0 Å². The number of hydrogen-bond acceptors (Lipinski definition) is 3. The number of aromatic nitrogens is 1. The van der Waals surface area contributed by atoms with Crippen LogP contribution in [0.2, 0.25) is 0 Å². The fourth-order valence-corrected chi connectivity index (χ4v) is 3.40. The Morgan fingerprint density at radius 1 is 1.50 bits per heavy atom. The third-order valence-electron chi connectivity index (χ3n) is 3.02. The molecule has 1 aliphatic carbocycles. The van der Waals surface area contributed by atoms with Gasteiger partial charge in [0.1, 0.15) is 5.82 Å². The predicted molar refractivity (Wildman–Crippen MR) is 65.8 cm³/mol. The summed E-state index contributed by atoms with van der Waals surface area (Å²) in [6.45, 7) is 0. The van der Waals surface area contributed by atoms with Gasteiger partial charge in [-0.05, 0) is 18.9 Å². The van der Waals surface area contributed by atoms with Gasteiger partial charge in [0.05, 0.1) is 6.20 Å². The lowest BCUT2D eigenvalue weighted by molar-refractivity contribution is 0.589. The Morgan fingerprint density at radius 2 is 2.25 bits per heavy atom. The molecule has 2 N–H and O–H groups in total. The first kappa shape index (κ1) is 11.9. The molecule has 1 aromatic heterocycles. The van der Waals surface area contributed by atoms with Gasteiger partial charge in [0, 0.05) is 28.8 Å². The van der Waals surface area contributed by atoms with E-state index in [1.54, 1.807) is 12.3 Å². The lowest BCUT2D eigenvalue weighted by atomic mass is 10.1. The van der Waals surface area contributed by atoms with Crippen LogP contribution in [-0.4, -0.2) is 16.0 Å². The number of rotatable bonds is 4. The lowest BCUT2D eigenvalue weighted by Crippen LogP contribution is -2.16. The number of hydrogen-bond donors (Lipinski definition) is 1. The number of nitrogens with two attached hydrogens (primary N) is 1. The van der Waals surface area contributed by atoms with Crippen molar-refractivity contribution in [1.29, 1.82) is 0 Å². The van der Waals surface area contributed by atoms with Crippen molar-refractivity contribution >= 4 is 11.8 Å². The molecule has 0 saturated heterocycles. The molecule has 4 heteroatoms. The molecule has 1 fully saturated rings. The summed E-state index contributed by atoms with van der Waals surface area (Å²) in [6.07, 6.45) is 8.06. The Kier molecular flexibility index (Phi) is 4.18. The van der Waals surface area contributed by atoms with Gasteiger partial charge in [0.15, 0.2) is 0 Å². The Bertz CT molecular complexity index is 340. The summed E-state index contributed by atoms with van der Waals surface area (Å²) in [7, 11) is 0. The first-order chi connectivity index (χ1) is 7.77. The number of thioether (sulfide) groups is 1. The van der Waals surface area contributed by atoms with E-state index in [2.05, 4.69) is 4.98 Å². The summed E-state index contributed by atoms with van der Waals surface area (Å²) in [6, 6.07) is 1.46. The number of halogens is 1. The third kappa shape index (κ3) is 2.95. The maximum absolute atomic E-state index is 13.4. The van der Waals surface area contributed by atoms with Crippen molar-refractivity contribution in [1.82, 2.24) is 4.98 Å². The van der Waals surface area contributed by atoms with Crippen LogP contribution in [0.1, 0.15) is 37.3 Å². The van der Waals surface area contributed by atoms with E-state index >= 15 is 0 Å². The van der Waals surface area contributed by atoms with Crippen LogP contribution < -0.4 is 5.73 Å². The van der Waals surface area contributed by atoms with E-state index in [4.69, 9.17) is 5.73 Å². The molecule has 16 heavy (non-hydrogen) atoms. The van der Waals surface area contributed by atoms with E-state index < -0.39 is 0 Å². The van der Waals surface area contributed by atoms with E-state index in [9.17, 15) is 4.39 Å². The molecule has 0 radical (unpaired) electrons. The summed E-state index contributed by atoms with van der Waals surface area (Å²) in [5, 5.41) is 0.732. The molecule has 1 aliphatic rings. The molecule has 1 saturated carbocycles. The maximum atomic E-state index is 13.4. The molecule has 2 rings (SSSR count). The fraction of sp³-hybridized carbons (Fsp3) is 0.583. The average Bonchev–Trinajstić information content (AvgIpc) is 2.79. The minimum absolute atomic E-state index is 0.214. The first-order valence-electron chi connectivity index (χ1n) is 5.74. The maximum Gasteiger partial charge on any atom is 0.146 e. The van der Waals surface area contributed by atoms with Crippen molar-refractivity contribution in [3.8, 4) is 0 Å². The molecule has 1 aromatic rings. The quantitative estimate of drug-likeness (QED) is 0.879.